The molecule has 0 aliphatic heterocycles. The number of aliphatic hydroxyl groups excluding tert-OH is 4. The number of ketones is 1. The van der Waals surface area contributed by atoms with Crippen molar-refractivity contribution in [2.24, 2.45) is 34.0 Å². The monoisotopic (exact) mass is 350 g/mol. The summed E-state index contributed by atoms with van der Waals surface area (Å²) in [6, 6.07) is 0. The second kappa shape index (κ2) is 4.94. The van der Waals surface area contributed by atoms with E-state index in [2.05, 4.69) is 13.5 Å². The van der Waals surface area contributed by atoms with Crippen molar-refractivity contribution in [1.29, 1.82) is 0 Å². The molecule has 0 saturated heterocycles. The molecule has 0 amide bonds. The van der Waals surface area contributed by atoms with E-state index in [1.807, 2.05) is 13.8 Å². The Bertz CT molecular complexity index is 642. The Morgan fingerprint density at radius 1 is 1.00 bits per heavy atom. The Kier molecular flexibility index (Phi) is 3.49. The zero-order valence-corrected chi connectivity index (χ0v) is 15.3. The Labute approximate surface area is 148 Å². The highest BCUT2D eigenvalue weighted by atomic mass is 16.3. The second-order valence-corrected chi connectivity index (χ2v) is 9.80. The summed E-state index contributed by atoms with van der Waals surface area (Å²) in [6.07, 6.45) is -1.19. The van der Waals surface area contributed by atoms with E-state index in [0.717, 1.165) is 6.42 Å². The average Bonchev–Trinajstić information content (AvgIpc) is 2.66. The third kappa shape index (κ3) is 1.76. The molecular formula is C20H30O5. The molecule has 4 N–H and O–H groups in total. The number of carbonyl (C=O) groups excluding carboxylic acids is 1. The van der Waals surface area contributed by atoms with Gasteiger partial charge in [0.25, 0.3) is 0 Å². The summed E-state index contributed by atoms with van der Waals surface area (Å²) in [5, 5.41) is 43.3. The van der Waals surface area contributed by atoms with Crippen LogP contribution < -0.4 is 0 Å². The van der Waals surface area contributed by atoms with E-state index >= 15 is 0 Å². The minimum Gasteiger partial charge on any atom is -0.393 e. The van der Waals surface area contributed by atoms with Crippen molar-refractivity contribution in [3.63, 3.8) is 0 Å². The van der Waals surface area contributed by atoms with Crippen LogP contribution in [0.2, 0.25) is 0 Å². The maximum Gasteiger partial charge on any atom is 0.170 e. The van der Waals surface area contributed by atoms with Gasteiger partial charge >= 0.3 is 0 Å². The van der Waals surface area contributed by atoms with E-state index in [1.165, 1.54) is 0 Å². The maximum absolute atomic E-state index is 13.2. The van der Waals surface area contributed by atoms with Crippen molar-refractivity contribution < 1.29 is 25.2 Å². The summed E-state index contributed by atoms with van der Waals surface area (Å²) >= 11 is 0. The van der Waals surface area contributed by atoms with Crippen LogP contribution in [0.3, 0.4) is 0 Å². The molecule has 9 atom stereocenters. The lowest BCUT2D eigenvalue weighted by Crippen LogP contribution is -2.69. The number of aliphatic hydroxyl groups is 4. The summed E-state index contributed by atoms with van der Waals surface area (Å²) in [7, 11) is 0. The molecule has 0 heterocycles. The SMILES string of the molecule is C=C1C(=O)[C@@]23[C@H](O)C[C@@H]4C(C)(C)[C@H](O)CC[C@@]4(C)[C@@H]2C[C@H](O)[C@@H]1[C@@H]3O. The fourth-order valence-electron chi connectivity index (χ4n) is 7.32. The normalized spacial score (nSPS) is 57.2. The Balaban J connectivity index is 1.89. The van der Waals surface area contributed by atoms with E-state index in [0.29, 0.717) is 19.3 Å². The van der Waals surface area contributed by atoms with Crippen LogP contribution in [-0.2, 0) is 4.79 Å². The molecule has 0 aromatic rings. The van der Waals surface area contributed by atoms with Gasteiger partial charge in [0.2, 0.25) is 0 Å². The number of fused-ring (bicyclic) bond motifs is 3. The minimum absolute atomic E-state index is 0.0204. The molecule has 2 bridgehead atoms. The predicted molar refractivity (Wildman–Crippen MR) is 91.4 cm³/mol. The van der Waals surface area contributed by atoms with E-state index in [1.54, 1.807) is 0 Å². The zero-order chi connectivity index (χ0) is 18.5. The summed E-state index contributed by atoms with van der Waals surface area (Å²) in [5.74, 6) is -1.22. The van der Waals surface area contributed by atoms with Crippen molar-refractivity contribution in [1.82, 2.24) is 0 Å². The van der Waals surface area contributed by atoms with Crippen molar-refractivity contribution in [2.75, 3.05) is 0 Å². The van der Waals surface area contributed by atoms with Gasteiger partial charge < -0.3 is 20.4 Å². The van der Waals surface area contributed by atoms with E-state index in [-0.39, 0.29) is 34.0 Å². The molecule has 140 valence electrons. The fourth-order valence-corrected chi connectivity index (χ4v) is 7.32. The summed E-state index contributed by atoms with van der Waals surface area (Å²) in [5.41, 5.74) is -1.69. The molecule has 0 aromatic carbocycles. The zero-order valence-electron chi connectivity index (χ0n) is 15.3. The molecule has 0 radical (unpaired) electrons. The molecule has 4 rings (SSSR count). The lowest BCUT2D eigenvalue weighted by Gasteiger charge is -2.66. The number of rotatable bonds is 0. The van der Waals surface area contributed by atoms with Crippen LogP contribution in [0.1, 0.15) is 46.5 Å². The quantitative estimate of drug-likeness (QED) is 0.489. The number of Topliss-reactive ketones (excluding diaryl/α,β-unsaturated/α-hetero) is 1. The number of carbonyl (C=O) groups is 1. The predicted octanol–water partition coefficient (Wildman–Crippen LogP) is 1.04. The van der Waals surface area contributed by atoms with E-state index in [9.17, 15) is 25.2 Å². The van der Waals surface area contributed by atoms with E-state index < -0.39 is 35.7 Å². The standard InChI is InChI=1S/C20H30O5/c1-9-15-10(21)7-12-19(4)6-5-13(22)18(2,3)11(19)8-14(23)20(12,16(9)24)17(15)25/h10-15,17,21-23,25H,1,5-8H2,2-4H3/t10-,11+,12-,13+,14+,15+,17-,19+,20-/m0/s1. The van der Waals surface area contributed by atoms with Gasteiger partial charge in [0, 0.05) is 5.92 Å². The van der Waals surface area contributed by atoms with Gasteiger partial charge in [-0.25, -0.2) is 0 Å². The lowest BCUT2D eigenvalue weighted by atomic mass is 9.39. The molecule has 0 aromatic heterocycles. The van der Waals surface area contributed by atoms with Gasteiger partial charge in [-0.15, -0.1) is 0 Å². The first-order valence-electron chi connectivity index (χ1n) is 9.46. The largest absolute Gasteiger partial charge is 0.393 e. The van der Waals surface area contributed by atoms with Gasteiger partial charge in [-0.05, 0) is 53.9 Å². The van der Waals surface area contributed by atoms with Gasteiger partial charge in [0.05, 0.1) is 29.8 Å². The van der Waals surface area contributed by atoms with Crippen LogP contribution in [-0.4, -0.2) is 50.6 Å². The smallest absolute Gasteiger partial charge is 0.170 e. The molecular weight excluding hydrogens is 320 g/mol. The fraction of sp³-hybridized carbons (Fsp3) is 0.850. The van der Waals surface area contributed by atoms with Crippen molar-refractivity contribution in [3.8, 4) is 0 Å². The van der Waals surface area contributed by atoms with E-state index in [4.69, 9.17) is 0 Å². The first kappa shape index (κ1) is 17.7. The van der Waals surface area contributed by atoms with Crippen LogP contribution in [0.4, 0.5) is 0 Å². The van der Waals surface area contributed by atoms with Crippen LogP contribution in [0.5, 0.6) is 0 Å². The molecule has 4 saturated carbocycles. The maximum atomic E-state index is 13.2. The highest BCUT2D eigenvalue weighted by Gasteiger charge is 2.75. The third-order valence-corrected chi connectivity index (χ3v) is 8.70. The molecule has 1 spiro atoms. The van der Waals surface area contributed by atoms with Gasteiger partial charge in [-0.1, -0.05) is 27.4 Å². The highest BCUT2D eigenvalue weighted by molar-refractivity contribution is 6.04. The highest BCUT2D eigenvalue weighted by Crippen LogP contribution is 2.70. The molecule has 4 aliphatic rings. The number of hydrogen-bond donors (Lipinski definition) is 4. The topological polar surface area (TPSA) is 98.0 Å². The molecule has 0 unspecified atom stereocenters. The Morgan fingerprint density at radius 3 is 2.28 bits per heavy atom. The first-order chi connectivity index (χ1) is 11.5. The van der Waals surface area contributed by atoms with Crippen molar-refractivity contribution >= 4 is 5.78 Å². The number of hydrogen-bond acceptors (Lipinski definition) is 5. The third-order valence-electron chi connectivity index (χ3n) is 8.70. The van der Waals surface area contributed by atoms with Crippen LogP contribution in [0.25, 0.3) is 0 Å². The summed E-state index contributed by atoms with van der Waals surface area (Å²) in [4.78, 5) is 13.2. The van der Waals surface area contributed by atoms with Gasteiger partial charge in [-0.3, -0.25) is 4.79 Å². The molecule has 4 fully saturated rings. The molecule has 5 nitrogen and oxygen atoms in total. The molecule has 25 heavy (non-hydrogen) atoms. The summed E-state index contributed by atoms with van der Waals surface area (Å²) < 4.78 is 0. The van der Waals surface area contributed by atoms with Crippen molar-refractivity contribution in [3.05, 3.63) is 12.2 Å². The molecule has 5 heteroatoms. The van der Waals surface area contributed by atoms with Gasteiger partial charge in [0.15, 0.2) is 5.78 Å². The van der Waals surface area contributed by atoms with Crippen LogP contribution >= 0.6 is 0 Å². The Morgan fingerprint density at radius 2 is 1.64 bits per heavy atom. The van der Waals surface area contributed by atoms with Gasteiger partial charge in [-0.2, -0.15) is 0 Å². The first-order valence-corrected chi connectivity index (χ1v) is 9.46. The minimum atomic E-state index is -1.25. The van der Waals surface area contributed by atoms with Gasteiger partial charge in [0.1, 0.15) is 0 Å². The molecule has 4 aliphatic carbocycles. The lowest BCUT2D eigenvalue weighted by molar-refractivity contribution is -0.249. The Hall–Kier alpha value is -0.750. The second-order valence-electron chi connectivity index (χ2n) is 9.80. The van der Waals surface area contributed by atoms with Crippen LogP contribution in [0, 0.1) is 34.0 Å². The summed E-state index contributed by atoms with van der Waals surface area (Å²) in [6.45, 7) is 10.0. The van der Waals surface area contributed by atoms with Crippen LogP contribution in [0.15, 0.2) is 12.2 Å². The van der Waals surface area contributed by atoms with Crippen molar-refractivity contribution in [2.45, 2.75) is 70.9 Å². The average molecular weight is 350 g/mol.